The zero-order valence-electron chi connectivity index (χ0n) is 2.53. The van der Waals surface area contributed by atoms with E-state index in [9.17, 15) is 0 Å². The molecule has 0 aromatic heterocycles. The predicted molar refractivity (Wildman–Crippen MR) is 15.7 cm³/mol. The molecule has 0 spiro atoms. The molecule has 0 aromatic rings. The fraction of sp³-hybridized carbons (Fsp3) is 0. The molecule has 2 nitrogen and oxygen atoms in total. The summed E-state index contributed by atoms with van der Waals surface area (Å²) in [4.78, 5) is 0. The van der Waals surface area contributed by atoms with Crippen molar-refractivity contribution < 1.29 is 24.1 Å². The summed E-state index contributed by atoms with van der Waals surface area (Å²) >= 11 is 0.250. The van der Waals surface area contributed by atoms with Crippen LogP contribution in [0.2, 0.25) is 0 Å². The van der Waals surface area contributed by atoms with E-state index in [1.54, 1.807) is 0 Å². The summed E-state index contributed by atoms with van der Waals surface area (Å²) in [6, 6.07) is 0. The molecule has 0 aliphatic heterocycles. The first-order valence-electron chi connectivity index (χ1n) is 0.577. The van der Waals surface area contributed by atoms with Gasteiger partial charge in [-0.15, -0.1) is 0 Å². The standard InChI is InChI=1S/Cu.2Ga.2O.2H. The van der Waals surface area contributed by atoms with Crippen molar-refractivity contribution in [1.82, 2.24) is 0 Å². The fourth-order valence-electron chi connectivity index (χ4n) is 0. The van der Waals surface area contributed by atoms with Gasteiger partial charge in [0.1, 0.15) is 0 Å². The van der Waals surface area contributed by atoms with Crippen LogP contribution in [0.1, 0.15) is 0 Å². The Hall–Kier alpha value is 1.39. The van der Waals surface area contributed by atoms with Crippen molar-refractivity contribution in [2.45, 2.75) is 0 Å². The van der Waals surface area contributed by atoms with Crippen LogP contribution in [0.25, 0.3) is 0 Å². The molecule has 5 heavy (non-hydrogen) atoms. The molecule has 31 valence electrons. The van der Waals surface area contributed by atoms with Gasteiger partial charge in [-0.2, -0.15) is 0 Å². The zero-order valence-corrected chi connectivity index (χ0v) is 9.41. The van der Waals surface area contributed by atoms with Gasteiger partial charge in [0.25, 0.3) is 0 Å². The summed E-state index contributed by atoms with van der Waals surface area (Å²) in [5.74, 6) is 0. The Balaban J connectivity index is -0.0000000133. The first kappa shape index (κ1) is 16.2. The summed E-state index contributed by atoms with van der Waals surface area (Å²) in [5.41, 5.74) is 0. The summed E-state index contributed by atoms with van der Waals surface area (Å²) in [6.07, 6.45) is 0. The minimum atomic E-state index is 0. The maximum absolute atomic E-state index is 8.38. The van der Waals surface area contributed by atoms with Gasteiger partial charge in [-0.3, -0.25) is 0 Å². The van der Waals surface area contributed by atoms with Crippen molar-refractivity contribution in [3.63, 3.8) is 0 Å². The first-order chi connectivity index (χ1) is 2.00. The average molecular weight is 237 g/mol. The SMILES string of the molecule is [Cu].[O]=[GaH].[O]=[GaH]. The van der Waals surface area contributed by atoms with Gasteiger partial charge in [0.15, 0.2) is 0 Å². The van der Waals surface area contributed by atoms with Gasteiger partial charge in [-0.1, -0.05) is 0 Å². The van der Waals surface area contributed by atoms with Crippen LogP contribution in [0, 0.1) is 0 Å². The van der Waals surface area contributed by atoms with E-state index in [2.05, 4.69) is 0 Å². The molecular formula is H2CuGa2O2. The molecule has 0 fully saturated rings. The van der Waals surface area contributed by atoms with Crippen LogP contribution in [-0.4, -0.2) is 37.1 Å². The van der Waals surface area contributed by atoms with Crippen molar-refractivity contribution in [3.8, 4) is 0 Å². The van der Waals surface area contributed by atoms with Crippen LogP contribution in [-0.2, 0) is 24.1 Å². The van der Waals surface area contributed by atoms with Crippen LogP contribution in [0.15, 0.2) is 0 Å². The molecule has 0 aliphatic rings. The molecule has 0 heterocycles. The third-order valence-electron chi connectivity index (χ3n) is 0. The number of hydrogen-bond donors (Lipinski definition) is 0. The van der Waals surface area contributed by atoms with E-state index in [0.29, 0.717) is 0 Å². The molecule has 0 N–H and O–H groups in total. The normalized spacial score (nSPS) is 1.20. The molecule has 0 aliphatic carbocycles. The van der Waals surface area contributed by atoms with Crippen LogP contribution in [0.3, 0.4) is 0 Å². The summed E-state index contributed by atoms with van der Waals surface area (Å²) in [6.45, 7) is 0. The van der Waals surface area contributed by atoms with E-state index < -0.39 is 0 Å². The Labute approximate surface area is 60.9 Å². The van der Waals surface area contributed by atoms with Crippen molar-refractivity contribution >= 4 is 37.1 Å². The third-order valence-corrected chi connectivity index (χ3v) is 0. The molecule has 0 atom stereocenters. The maximum atomic E-state index is 8.38. The van der Waals surface area contributed by atoms with Crippen molar-refractivity contribution in [2.75, 3.05) is 0 Å². The van der Waals surface area contributed by atoms with Crippen LogP contribution < -0.4 is 0 Å². The molecule has 0 aromatic carbocycles. The molecule has 5 heteroatoms. The number of hydrogen-bond acceptors (Lipinski definition) is 2. The van der Waals surface area contributed by atoms with E-state index in [1.165, 1.54) is 0 Å². The van der Waals surface area contributed by atoms with Gasteiger partial charge in [0.2, 0.25) is 0 Å². The Kier molecular flexibility index (Phi) is 173. The summed E-state index contributed by atoms with van der Waals surface area (Å²) in [7, 11) is 0. The van der Waals surface area contributed by atoms with Gasteiger partial charge < -0.3 is 0 Å². The van der Waals surface area contributed by atoms with Crippen molar-refractivity contribution in [2.24, 2.45) is 0 Å². The summed E-state index contributed by atoms with van der Waals surface area (Å²) < 4.78 is 16.8. The quantitative estimate of drug-likeness (QED) is 0.478. The molecule has 0 bridgehead atoms. The molecule has 0 unspecified atom stereocenters. The topological polar surface area (TPSA) is 34.1 Å². The van der Waals surface area contributed by atoms with Gasteiger partial charge in [0, 0.05) is 17.1 Å². The predicted octanol–water partition coefficient (Wildman–Crippen LogP) is -1.54. The Morgan fingerprint density at radius 3 is 0.800 bits per heavy atom. The number of rotatable bonds is 0. The third kappa shape index (κ3) is 32.0. The van der Waals surface area contributed by atoms with E-state index in [4.69, 9.17) is 7.08 Å². The van der Waals surface area contributed by atoms with E-state index in [1.807, 2.05) is 0 Å². The van der Waals surface area contributed by atoms with Crippen LogP contribution >= 0.6 is 0 Å². The molecule has 0 rings (SSSR count). The molecule has 0 saturated heterocycles. The zero-order chi connectivity index (χ0) is 4.00. The Bertz CT molecular complexity index is 9.61. The second-order valence-corrected chi connectivity index (χ2v) is 0. The molecule has 0 amide bonds. The minimum absolute atomic E-state index is 0. The van der Waals surface area contributed by atoms with E-state index in [-0.39, 0.29) is 54.2 Å². The first-order valence-corrected chi connectivity index (χ1v) is 3.00. The monoisotopic (exact) mass is 235 g/mol. The second kappa shape index (κ2) is 53.7. The van der Waals surface area contributed by atoms with Gasteiger partial charge in [0.05, 0.1) is 0 Å². The van der Waals surface area contributed by atoms with Crippen molar-refractivity contribution in [3.05, 3.63) is 0 Å². The summed E-state index contributed by atoms with van der Waals surface area (Å²) in [5, 5.41) is 0. The van der Waals surface area contributed by atoms with Crippen LogP contribution in [0.5, 0.6) is 0 Å². The van der Waals surface area contributed by atoms with Crippen LogP contribution in [0.4, 0.5) is 0 Å². The van der Waals surface area contributed by atoms with E-state index >= 15 is 0 Å². The van der Waals surface area contributed by atoms with Crippen molar-refractivity contribution in [1.29, 1.82) is 0 Å². The Morgan fingerprint density at radius 2 is 0.800 bits per heavy atom. The fourth-order valence-corrected chi connectivity index (χ4v) is 0. The van der Waals surface area contributed by atoms with Gasteiger partial charge in [-0.05, 0) is 0 Å². The van der Waals surface area contributed by atoms with Gasteiger partial charge in [-0.25, -0.2) is 0 Å². The molecule has 1 radical (unpaired) electrons. The second-order valence-electron chi connectivity index (χ2n) is 0. The van der Waals surface area contributed by atoms with E-state index in [0.717, 1.165) is 0 Å². The average Bonchev–Trinajstić information content (AvgIpc) is 1.50. The van der Waals surface area contributed by atoms with Gasteiger partial charge >= 0.3 is 44.2 Å². The molecule has 0 saturated carbocycles. The molecular weight excluding hydrogens is 235 g/mol. The Morgan fingerprint density at radius 1 is 0.800 bits per heavy atom.